The highest BCUT2D eigenvalue weighted by Crippen LogP contribution is 2.38. The Labute approximate surface area is 173 Å². The summed E-state index contributed by atoms with van der Waals surface area (Å²) >= 11 is 19.0. The van der Waals surface area contributed by atoms with Crippen LogP contribution in [-0.4, -0.2) is 16.6 Å². The number of hydrogen-bond donors (Lipinski definition) is 2. The fourth-order valence-corrected chi connectivity index (χ4v) is 4.37. The first kappa shape index (κ1) is 20.3. The molecular weight excluding hydrogens is 438 g/mol. The summed E-state index contributed by atoms with van der Waals surface area (Å²) < 4.78 is 39.2. The van der Waals surface area contributed by atoms with Crippen LogP contribution in [0, 0.1) is 0 Å². The van der Waals surface area contributed by atoms with Crippen LogP contribution >= 0.6 is 47.2 Å². The van der Waals surface area contributed by atoms with Gasteiger partial charge in [0, 0.05) is 27.7 Å². The Morgan fingerprint density at radius 1 is 1.19 bits per heavy atom. The number of para-hydroxylation sites is 1. The van der Waals surface area contributed by atoms with Crippen LogP contribution in [0.1, 0.15) is 17.5 Å². The van der Waals surface area contributed by atoms with Gasteiger partial charge < -0.3 is 5.32 Å². The van der Waals surface area contributed by atoms with Crippen molar-refractivity contribution >= 4 is 63.7 Å². The van der Waals surface area contributed by atoms with Gasteiger partial charge in [-0.2, -0.15) is 18.3 Å². The number of nitrogens with one attached hydrogen (secondary N) is 2. The number of benzene rings is 2. The highest BCUT2D eigenvalue weighted by atomic mass is 35.5. The van der Waals surface area contributed by atoms with Crippen molar-refractivity contribution in [1.29, 1.82) is 0 Å². The Balaban J connectivity index is 1.78. The van der Waals surface area contributed by atoms with Gasteiger partial charge in [-0.3, -0.25) is 5.43 Å². The first-order chi connectivity index (χ1) is 12.8. The summed E-state index contributed by atoms with van der Waals surface area (Å²) in [6.45, 7) is 0. The van der Waals surface area contributed by atoms with E-state index in [1.807, 2.05) is 0 Å². The van der Waals surface area contributed by atoms with E-state index < -0.39 is 11.7 Å². The zero-order chi connectivity index (χ0) is 19.6. The van der Waals surface area contributed by atoms with Crippen molar-refractivity contribution in [3.05, 3.63) is 57.6 Å². The van der Waals surface area contributed by atoms with Gasteiger partial charge in [0.25, 0.3) is 0 Å². The monoisotopic (exact) mass is 449 g/mol. The fraction of sp³-hybridized carbons (Fsp3) is 0.176. The number of thiocarbonyl (C=S) groups is 1. The molecule has 0 saturated carbocycles. The third-order valence-corrected chi connectivity index (χ3v) is 5.64. The molecule has 2 N–H and O–H groups in total. The van der Waals surface area contributed by atoms with Crippen LogP contribution in [0.15, 0.2) is 46.4 Å². The average Bonchev–Trinajstić information content (AvgIpc) is 2.59. The summed E-state index contributed by atoms with van der Waals surface area (Å²) in [5.41, 5.74) is 3.12. The van der Waals surface area contributed by atoms with Crippen molar-refractivity contribution < 1.29 is 13.2 Å². The van der Waals surface area contributed by atoms with Crippen LogP contribution < -0.4 is 10.7 Å². The van der Waals surface area contributed by atoms with Crippen molar-refractivity contribution in [1.82, 2.24) is 5.43 Å². The summed E-state index contributed by atoms with van der Waals surface area (Å²) in [6.07, 6.45) is -3.85. The van der Waals surface area contributed by atoms with E-state index in [2.05, 4.69) is 15.8 Å². The Bertz CT molecular complexity index is 917. The number of anilines is 1. The van der Waals surface area contributed by atoms with Crippen LogP contribution in [0.5, 0.6) is 0 Å². The van der Waals surface area contributed by atoms with E-state index in [9.17, 15) is 13.2 Å². The van der Waals surface area contributed by atoms with E-state index in [0.29, 0.717) is 22.2 Å². The van der Waals surface area contributed by atoms with Gasteiger partial charge in [-0.15, -0.1) is 11.8 Å². The maximum Gasteiger partial charge on any atom is 0.418 e. The summed E-state index contributed by atoms with van der Waals surface area (Å²) in [5.74, 6) is 0.770. The number of alkyl halides is 3. The lowest BCUT2D eigenvalue weighted by atomic mass is 10.1. The minimum Gasteiger partial charge on any atom is -0.331 e. The molecule has 0 fully saturated rings. The molecule has 27 heavy (non-hydrogen) atoms. The lowest BCUT2D eigenvalue weighted by Gasteiger charge is -2.19. The Hall–Kier alpha value is -1.48. The molecule has 2 aromatic rings. The topological polar surface area (TPSA) is 36.4 Å². The summed E-state index contributed by atoms with van der Waals surface area (Å²) in [7, 11) is 0. The zero-order valence-corrected chi connectivity index (χ0v) is 16.7. The van der Waals surface area contributed by atoms with Crippen molar-refractivity contribution in [2.75, 3.05) is 11.1 Å². The second-order valence-corrected chi connectivity index (χ2v) is 7.89. The third kappa shape index (κ3) is 4.87. The minimum absolute atomic E-state index is 0.0490. The highest BCUT2D eigenvalue weighted by Gasteiger charge is 2.33. The number of rotatable bonds is 2. The molecule has 1 aliphatic heterocycles. The van der Waals surface area contributed by atoms with E-state index in [1.165, 1.54) is 18.2 Å². The molecule has 0 aromatic heterocycles. The van der Waals surface area contributed by atoms with Gasteiger partial charge in [-0.1, -0.05) is 35.3 Å². The minimum atomic E-state index is -4.49. The van der Waals surface area contributed by atoms with Crippen LogP contribution in [0.3, 0.4) is 0 Å². The van der Waals surface area contributed by atoms with E-state index >= 15 is 0 Å². The van der Waals surface area contributed by atoms with E-state index in [0.717, 1.165) is 22.3 Å². The molecule has 0 spiro atoms. The van der Waals surface area contributed by atoms with Gasteiger partial charge in [0.2, 0.25) is 0 Å². The van der Waals surface area contributed by atoms with Gasteiger partial charge >= 0.3 is 6.18 Å². The summed E-state index contributed by atoms with van der Waals surface area (Å²) in [5, 5.41) is 7.75. The maximum atomic E-state index is 13.1. The average molecular weight is 450 g/mol. The number of thioether (sulfide) groups is 1. The summed E-state index contributed by atoms with van der Waals surface area (Å²) in [4.78, 5) is 0.870. The standard InChI is InChI=1S/C17H12Cl2F3N3S2/c18-9-7-10-13(5-6-27-15(10)12(19)8-9)24-25-16(26)23-14-4-2-1-3-11(14)17(20,21)22/h1-4,7-8H,5-6H2,(H2,23,25,26)/b24-13+. The van der Waals surface area contributed by atoms with Gasteiger partial charge in [0.15, 0.2) is 5.11 Å². The SMILES string of the molecule is FC(F)(F)c1ccccc1NC(=S)N/N=C1\CCSc2c(Cl)cc(Cl)cc21. The smallest absolute Gasteiger partial charge is 0.331 e. The van der Waals surface area contributed by atoms with Crippen molar-refractivity contribution in [3.8, 4) is 0 Å². The zero-order valence-electron chi connectivity index (χ0n) is 13.5. The van der Waals surface area contributed by atoms with Crippen LogP contribution in [0.25, 0.3) is 0 Å². The van der Waals surface area contributed by atoms with Gasteiger partial charge in [-0.05, 0) is 36.5 Å². The molecule has 0 bridgehead atoms. The van der Waals surface area contributed by atoms with Crippen molar-refractivity contribution in [2.45, 2.75) is 17.5 Å². The molecule has 10 heteroatoms. The van der Waals surface area contributed by atoms with E-state index in [-0.39, 0.29) is 10.8 Å². The lowest BCUT2D eigenvalue weighted by Crippen LogP contribution is -2.27. The Morgan fingerprint density at radius 3 is 2.67 bits per heavy atom. The number of hydrogen-bond acceptors (Lipinski definition) is 3. The molecule has 0 radical (unpaired) electrons. The molecule has 0 saturated heterocycles. The molecule has 0 amide bonds. The van der Waals surface area contributed by atoms with E-state index in [1.54, 1.807) is 23.9 Å². The number of nitrogens with zero attached hydrogens (tertiary/aromatic N) is 1. The van der Waals surface area contributed by atoms with Crippen molar-refractivity contribution in [2.24, 2.45) is 5.10 Å². The molecule has 3 rings (SSSR count). The molecular formula is C17H12Cl2F3N3S2. The number of hydrazone groups is 1. The Morgan fingerprint density at radius 2 is 1.93 bits per heavy atom. The number of halogens is 5. The first-order valence-electron chi connectivity index (χ1n) is 7.67. The van der Waals surface area contributed by atoms with Gasteiger partial charge in [0.05, 0.1) is 22.0 Å². The lowest BCUT2D eigenvalue weighted by molar-refractivity contribution is -0.136. The molecule has 1 heterocycles. The van der Waals surface area contributed by atoms with Crippen LogP contribution in [0.4, 0.5) is 18.9 Å². The molecule has 3 nitrogen and oxygen atoms in total. The predicted molar refractivity (Wildman–Crippen MR) is 109 cm³/mol. The van der Waals surface area contributed by atoms with Gasteiger partial charge in [0.1, 0.15) is 0 Å². The highest BCUT2D eigenvalue weighted by molar-refractivity contribution is 7.99. The molecule has 0 unspecified atom stereocenters. The molecule has 0 atom stereocenters. The largest absolute Gasteiger partial charge is 0.418 e. The third-order valence-electron chi connectivity index (χ3n) is 3.68. The first-order valence-corrected chi connectivity index (χ1v) is 9.82. The molecule has 1 aliphatic rings. The van der Waals surface area contributed by atoms with Crippen molar-refractivity contribution in [3.63, 3.8) is 0 Å². The second-order valence-electron chi connectivity index (χ2n) is 5.53. The normalized spacial score (nSPS) is 15.4. The van der Waals surface area contributed by atoms with Crippen LogP contribution in [0.2, 0.25) is 10.0 Å². The fourth-order valence-electron chi connectivity index (χ4n) is 2.53. The Kier molecular flexibility index (Phi) is 6.20. The maximum absolute atomic E-state index is 13.1. The van der Waals surface area contributed by atoms with Gasteiger partial charge in [-0.25, -0.2) is 0 Å². The second kappa shape index (κ2) is 8.26. The molecule has 2 aromatic carbocycles. The molecule has 142 valence electrons. The van der Waals surface area contributed by atoms with Crippen LogP contribution in [-0.2, 0) is 6.18 Å². The predicted octanol–water partition coefficient (Wildman–Crippen LogP) is 6.20. The summed E-state index contributed by atoms with van der Waals surface area (Å²) in [6, 6.07) is 8.50. The quantitative estimate of drug-likeness (QED) is 0.422. The van der Waals surface area contributed by atoms with E-state index in [4.69, 9.17) is 35.4 Å². The molecule has 0 aliphatic carbocycles. The number of fused-ring (bicyclic) bond motifs is 1.